The van der Waals surface area contributed by atoms with Crippen LogP contribution in [0.25, 0.3) is 17.1 Å². The number of benzene rings is 2. The molecular formula is C25H22N4O3. The lowest BCUT2D eigenvalue weighted by Crippen LogP contribution is -2.38. The average molecular weight is 426 g/mol. The smallest absolute Gasteiger partial charge is 0.255 e. The molecule has 32 heavy (non-hydrogen) atoms. The van der Waals surface area contributed by atoms with E-state index < -0.39 is 0 Å². The van der Waals surface area contributed by atoms with Crippen LogP contribution in [-0.2, 0) is 0 Å². The third kappa shape index (κ3) is 3.97. The normalized spacial score (nSPS) is 14.4. The molecule has 0 N–H and O–H groups in total. The molecule has 2 aromatic carbocycles. The van der Waals surface area contributed by atoms with E-state index in [1.54, 1.807) is 12.3 Å². The summed E-state index contributed by atoms with van der Waals surface area (Å²) in [6.07, 6.45) is 3.12. The van der Waals surface area contributed by atoms with Gasteiger partial charge in [0.2, 0.25) is 11.7 Å². The summed E-state index contributed by atoms with van der Waals surface area (Å²) < 4.78 is 7.02. The molecule has 1 aliphatic rings. The Bertz CT molecular complexity index is 1270. The number of nitrogens with zero attached hydrogens (tertiary/aromatic N) is 4. The van der Waals surface area contributed by atoms with Gasteiger partial charge in [-0.3, -0.25) is 14.2 Å². The summed E-state index contributed by atoms with van der Waals surface area (Å²) in [7, 11) is 0. The van der Waals surface area contributed by atoms with Crippen molar-refractivity contribution in [2.24, 2.45) is 0 Å². The van der Waals surface area contributed by atoms with Gasteiger partial charge in [0.1, 0.15) is 0 Å². The van der Waals surface area contributed by atoms with Gasteiger partial charge in [0.15, 0.2) is 0 Å². The van der Waals surface area contributed by atoms with Gasteiger partial charge in [0.25, 0.3) is 11.5 Å². The highest BCUT2D eigenvalue weighted by molar-refractivity contribution is 5.94. The van der Waals surface area contributed by atoms with E-state index in [4.69, 9.17) is 4.52 Å². The fraction of sp³-hybridized carbons (Fsp3) is 0.200. The minimum Gasteiger partial charge on any atom is -0.339 e. The second kappa shape index (κ2) is 8.63. The highest BCUT2D eigenvalue weighted by Crippen LogP contribution is 2.29. The first-order valence-electron chi connectivity index (χ1n) is 10.7. The molecule has 0 atom stereocenters. The summed E-state index contributed by atoms with van der Waals surface area (Å²) >= 11 is 0. The Morgan fingerprint density at radius 3 is 2.31 bits per heavy atom. The molecule has 0 bridgehead atoms. The summed E-state index contributed by atoms with van der Waals surface area (Å²) in [5, 5.41) is 4.11. The van der Waals surface area contributed by atoms with Crippen LogP contribution in [0.1, 0.15) is 35.0 Å². The standard InChI is InChI=1S/C25H22N4O3/c30-22-12-11-20(17-29(22)21-9-5-2-6-10-21)25(31)28-15-13-19(14-16-28)24-26-23(27-32-24)18-7-3-1-4-8-18/h1-12,17,19H,13-16H2. The minimum absolute atomic E-state index is 0.0800. The Morgan fingerprint density at radius 1 is 0.906 bits per heavy atom. The molecule has 3 heterocycles. The first kappa shape index (κ1) is 19.9. The number of hydrogen-bond donors (Lipinski definition) is 0. The van der Waals surface area contributed by atoms with Gasteiger partial charge >= 0.3 is 0 Å². The molecule has 0 unspecified atom stereocenters. The quantitative estimate of drug-likeness (QED) is 0.494. The number of likely N-dealkylation sites (tertiary alicyclic amines) is 1. The van der Waals surface area contributed by atoms with Gasteiger partial charge in [0.05, 0.1) is 5.56 Å². The van der Waals surface area contributed by atoms with Crippen molar-refractivity contribution in [2.45, 2.75) is 18.8 Å². The van der Waals surface area contributed by atoms with Crippen LogP contribution in [0.4, 0.5) is 0 Å². The summed E-state index contributed by atoms with van der Waals surface area (Å²) in [5.74, 6) is 1.25. The van der Waals surface area contributed by atoms with Crippen LogP contribution in [0, 0.1) is 0 Å². The van der Waals surface area contributed by atoms with Gasteiger partial charge in [-0.2, -0.15) is 4.98 Å². The molecule has 4 aromatic rings. The molecule has 0 radical (unpaired) electrons. The number of rotatable bonds is 4. The Labute approximate surface area is 184 Å². The summed E-state index contributed by atoms with van der Waals surface area (Å²) in [6, 6.07) is 22.1. The number of piperidine rings is 1. The van der Waals surface area contributed by atoms with E-state index in [9.17, 15) is 9.59 Å². The molecule has 1 fully saturated rings. The number of pyridine rings is 1. The molecular weight excluding hydrogens is 404 g/mol. The van der Waals surface area contributed by atoms with Gasteiger partial charge in [-0.15, -0.1) is 0 Å². The van der Waals surface area contributed by atoms with Crippen LogP contribution in [0.3, 0.4) is 0 Å². The number of para-hydroxylation sites is 1. The largest absolute Gasteiger partial charge is 0.339 e. The van der Waals surface area contributed by atoms with Crippen LogP contribution in [0.5, 0.6) is 0 Å². The third-order valence-electron chi connectivity index (χ3n) is 5.80. The number of amides is 1. The SMILES string of the molecule is O=C(c1ccc(=O)n(-c2ccccc2)c1)N1CCC(c2nc(-c3ccccc3)no2)CC1. The molecule has 0 saturated carbocycles. The van der Waals surface area contributed by atoms with Gasteiger partial charge in [-0.25, -0.2) is 0 Å². The van der Waals surface area contributed by atoms with E-state index in [0.29, 0.717) is 30.4 Å². The Morgan fingerprint density at radius 2 is 1.59 bits per heavy atom. The Hall–Kier alpha value is -4.00. The second-order valence-electron chi connectivity index (χ2n) is 7.85. The van der Waals surface area contributed by atoms with Crippen molar-refractivity contribution in [3.8, 4) is 17.1 Å². The first-order valence-corrected chi connectivity index (χ1v) is 10.7. The number of carbonyl (C=O) groups is 1. The van der Waals surface area contributed by atoms with Crippen molar-refractivity contribution in [3.63, 3.8) is 0 Å². The van der Waals surface area contributed by atoms with Crippen LogP contribution in [0.15, 0.2) is 88.3 Å². The lowest BCUT2D eigenvalue weighted by molar-refractivity contribution is 0.0704. The summed E-state index contributed by atoms with van der Waals surface area (Å²) in [6.45, 7) is 1.19. The van der Waals surface area contributed by atoms with Crippen molar-refractivity contribution >= 4 is 5.91 Å². The highest BCUT2D eigenvalue weighted by Gasteiger charge is 2.28. The molecule has 1 amide bonds. The average Bonchev–Trinajstić information content (AvgIpc) is 3.36. The zero-order chi connectivity index (χ0) is 21.9. The van der Waals surface area contributed by atoms with Crippen LogP contribution in [0.2, 0.25) is 0 Å². The van der Waals surface area contributed by atoms with Crippen LogP contribution < -0.4 is 5.56 Å². The fourth-order valence-electron chi connectivity index (χ4n) is 4.02. The molecule has 5 rings (SSSR count). The third-order valence-corrected chi connectivity index (χ3v) is 5.80. The zero-order valence-corrected chi connectivity index (χ0v) is 17.4. The van der Waals surface area contributed by atoms with Gasteiger partial charge in [-0.05, 0) is 31.0 Å². The molecule has 0 spiro atoms. The van der Waals surface area contributed by atoms with Crippen LogP contribution in [-0.4, -0.2) is 38.6 Å². The lowest BCUT2D eigenvalue weighted by atomic mass is 9.96. The molecule has 160 valence electrons. The molecule has 7 nitrogen and oxygen atoms in total. The van der Waals surface area contributed by atoms with Crippen molar-refractivity contribution < 1.29 is 9.32 Å². The molecule has 7 heteroatoms. The number of carbonyl (C=O) groups excluding carboxylic acids is 1. The molecule has 1 saturated heterocycles. The minimum atomic E-state index is -0.169. The number of hydrogen-bond acceptors (Lipinski definition) is 5. The van der Waals surface area contributed by atoms with E-state index in [-0.39, 0.29) is 17.4 Å². The fourth-order valence-corrected chi connectivity index (χ4v) is 4.02. The summed E-state index contributed by atoms with van der Waals surface area (Å²) in [5.41, 5.74) is 1.98. The maximum Gasteiger partial charge on any atom is 0.255 e. The Kier molecular flexibility index (Phi) is 5.37. The number of aromatic nitrogens is 3. The predicted octanol–water partition coefficient (Wildman–Crippen LogP) is 3.91. The molecule has 2 aromatic heterocycles. The highest BCUT2D eigenvalue weighted by atomic mass is 16.5. The molecule has 1 aliphatic heterocycles. The van der Waals surface area contributed by atoms with Crippen molar-refractivity contribution in [1.82, 2.24) is 19.6 Å². The van der Waals surface area contributed by atoms with Gasteiger partial charge in [-0.1, -0.05) is 53.7 Å². The van der Waals surface area contributed by atoms with E-state index >= 15 is 0 Å². The maximum absolute atomic E-state index is 13.1. The van der Waals surface area contributed by atoms with E-state index in [1.165, 1.54) is 10.6 Å². The molecule has 0 aliphatic carbocycles. The maximum atomic E-state index is 13.1. The van der Waals surface area contributed by atoms with Gasteiger partial charge < -0.3 is 9.42 Å². The zero-order valence-electron chi connectivity index (χ0n) is 17.4. The van der Waals surface area contributed by atoms with E-state index in [2.05, 4.69) is 10.1 Å². The van der Waals surface area contributed by atoms with E-state index in [1.807, 2.05) is 65.6 Å². The Balaban J connectivity index is 1.27. The first-order chi connectivity index (χ1) is 15.7. The van der Waals surface area contributed by atoms with Gasteiger partial charge in [0, 0.05) is 42.5 Å². The van der Waals surface area contributed by atoms with E-state index in [0.717, 1.165) is 24.1 Å². The second-order valence-corrected chi connectivity index (χ2v) is 7.85. The van der Waals surface area contributed by atoms with Crippen molar-refractivity contribution in [1.29, 1.82) is 0 Å². The van der Waals surface area contributed by atoms with Crippen molar-refractivity contribution in [2.75, 3.05) is 13.1 Å². The summed E-state index contributed by atoms with van der Waals surface area (Å²) in [4.78, 5) is 31.8. The lowest BCUT2D eigenvalue weighted by Gasteiger charge is -2.30. The predicted molar refractivity (Wildman–Crippen MR) is 120 cm³/mol. The van der Waals surface area contributed by atoms with Crippen molar-refractivity contribution in [3.05, 3.63) is 101 Å². The topological polar surface area (TPSA) is 81.2 Å². The monoisotopic (exact) mass is 426 g/mol. The van der Waals surface area contributed by atoms with Crippen LogP contribution >= 0.6 is 0 Å².